The molecule has 6 nitrogen and oxygen atoms in total. The number of amides is 1. The Hall–Kier alpha value is -2.68. The Balaban J connectivity index is 1.59. The molecular weight excluding hydrogens is 408 g/mol. The zero-order chi connectivity index (χ0) is 20.4. The lowest BCUT2D eigenvalue weighted by molar-refractivity contribution is 0.102. The molecule has 4 rings (SSSR count). The van der Waals surface area contributed by atoms with E-state index in [4.69, 9.17) is 4.74 Å². The molecule has 1 aliphatic rings. The molecule has 150 valence electrons. The van der Waals surface area contributed by atoms with Gasteiger partial charge in [0.15, 0.2) is 0 Å². The summed E-state index contributed by atoms with van der Waals surface area (Å²) >= 11 is 1.11. The summed E-state index contributed by atoms with van der Waals surface area (Å²) in [5.41, 5.74) is 2.71. The van der Waals surface area contributed by atoms with Crippen molar-refractivity contribution >= 4 is 33.0 Å². The molecular formula is C21H20N2O4S2. The number of anilines is 1. The van der Waals surface area contributed by atoms with Gasteiger partial charge in [-0.3, -0.25) is 4.79 Å². The topological polar surface area (TPSA) is 75.7 Å². The fourth-order valence-electron chi connectivity index (χ4n) is 3.37. The van der Waals surface area contributed by atoms with Crippen LogP contribution in [0.5, 0.6) is 5.75 Å². The van der Waals surface area contributed by atoms with Crippen LogP contribution in [0.4, 0.5) is 5.69 Å². The highest BCUT2D eigenvalue weighted by atomic mass is 32.2. The molecule has 0 spiro atoms. The Morgan fingerprint density at radius 2 is 1.90 bits per heavy atom. The van der Waals surface area contributed by atoms with Crippen molar-refractivity contribution < 1.29 is 17.9 Å². The summed E-state index contributed by atoms with van der Waals surface area (Å²) in [5, 5.41) is 4.39. The number of benzene rings is 2. The van der Waals surface area contributed by atoms with E-state index in [9.17, 15) is 13.2 Å². The van der Waals surface area contributed by atoms with E-state index in [0.717, 1.165) is 16.9 Å². The SMILES string of the molecule is COc1cccc(NC(=O)c2sccc2S(=O)(=O)N2CCc3ccccc3C2)c1. The molecule has 0 aliphatic carbocycles. The van der Waals surface area contributed by atoms with Crippen LogP contribution in [0.25, 0.3) is 0 Å². The normalized spacial score (nSPS) is 14.2. The Labute approximate surface area is 173 Å². The third-order valence-corrected chi connectivity index (χ3v) is 7.81. The molecule has 0 radical (unpaired) electrons. The van der Waals surface area contributed by atoms with Gasteiger partial charge in [0.1, 0.15) is 15.5 Å². The maximum absolute atomic E-state index is 13.3. The van der Waals surface area contributed by atoms with Crippen molar-refractivity contribution in [2.45, 2.75) is 17.9 Å². The molecule has 0 saturated heterocycles. The minimum Gasteiger partial charge on any atom is -0.497 e. The van der Waals surface area contributed by atoms with Crippen LogP contribution in [-0.4, -0.2) is 32.3 Å². The highest BCUT2D eigenvalue weighted by Crippen LogP contribution is 2.30. The third-order valence-electron chi connectivity index (χ3n) is 4.88. The number of carbonyl (C=O) groups is 1. The van der Waals surface area contributed by atoms with E-state index < -0.39 is 15.9 Å². The molecule has 1 aliphatic heterocycles. The molecule has 1 amide bonds. The average molecular weight is 429 g/mol. The quantitative estimate of drug-likeness (QED) is 0.671. The Bertz CT molecular complexity index is 1150. The molecule has 0 fully saturated rings. The van der Waals surface area contributed by atoms with Gasteiger partial charge in [-0.05, 0) is 41.1 Å². The minimum absolute atomic E-state index is 0.0438. The van der Waals surface area contributed by atoms with Crippen LogP contribution < -0.4 is 10.1 Å². The number of ether oxygens (including phenoxy) is 1. The van der Waals surface area contributed by atoms with Crippen molar-refractivity contribution in [3.63, 3.8) is 0 Å². The van der Waals surface area contributed by atoms with Gasteiger partial charge in [0.2, 0.25) is 10.0 Å². The van der Waals surface area contributed by atoms with Crippen LogP contribution in [0.1, 0.15) is 20.8 Å². The fraction of sp³-hybridized carbons (Fsp3) is 0.190. The van der Waals surface area contributed by atoms with Crippen molar-refractivity contribution in [1.29, 1.82) is 0 Å². The van der Waals surface area contributed by atoms with Gasteiger partial charge < -0.3 is 10.1 Å². The smallest absolute Gasteiger partial charge is 0.267 e. The van der Waals surface area contributed by atoms with Gasteiger partial charge in [0.25, 0.3) is 5.91 Å². The average Bonchev–Trinajstić information content (AvgIpc) is 3.24. The summed E-state index contributed by atoms with van der Waals surface area (Å²) in [6, 6.07) is 16.3. The molecule has 29 heavy (non-hydrogen) atoms. The summed E-state index contributed by atoms with van der Waals surface area (Å²) in [6.45, 7) is 0.706. The molecule has 0 saturated carbocycles. The van der Waals surface area contributed by atoms with Crippen molar-refractivity contribution in [2.75, 3.05) is 19.0 Å². The molecule has 2 heterocycles. The molecule has 1 aromatic heterocycles. The van der Waals surface area contributed by atoms with E-state index in [1.165, 1.54) is 15.9 Å². The summed E-state index contributed by atoms with van der Waals surface area (Å²) < 4.78 is 33.1. The van der Waals surface area contributed by atoms with Gasteiger partial charge in [-0.15, -0.1) is 11.3 Å². The molecule has 8 heteroatoms. The van der Waals surface area contributed by atoms with Crippen LogP contribution >= 0.6 is 11.3 Å². The monoisotopic (exact) mass is 428 g/mol. The highest BCUT2D eigenvalue weighted by Gasteiger charge is 2.32. The number of nitrogens with one attached hydrogen (secondary N) is 1. The van der Waals surface area contributed by atoms with E-state index in [0.29, 0.717) is 30.9 Å². The second-order valence-electron chi connectivity index (χ2n) is 6.66. The fourth-order valence-corrected chi connectivity index (χ4v) is 6.08. The van der Waals surface area contributed by atoms with Gasteiger partial charge in [-0.1, -0.05) is 30.3 Å². The van der Waals surface area contributed by atoms with Gasteiger partial charge in [0.05, 0.1) is 7.11 Å². The van der Waals surface area contributed by atoms with Gasteiger partial charge in [0, 0.05) is 24.8 Å². The highest BCUT2D eigenvalue weighted by molar-refractivity contribution is 7.89. The molecule has 0 atom stereocenters. The third kappa shape index (κ3) is 3.91. The zero-order valence-electron chi connectivity index (χ0n) is 15.8. The second kappa shape index (κ2) is 7.98. The van der Waals surface area contributed by atoms with Crippen LogP contribution in [0.15, 0.2) is 64.9 Å². The van der Waals surface area contributed by atoms with Crippen LogP contribution in [0, 0.1) is 0 Å². The lowest BCUT2D eigenvalue weighted by Crippen LogP contribution is -2.36. The standard InChI is InChI=1S/C21H20N2O4S2/c1-27-18-8-4-7-17(13-18)22-21(24)20-19(10-12-28-20)29(25,26)23-11-9-15-5-2-3-6-16(15)14-23/h2-8,10,12-13H,9,11,14H2,1H3,(H,22,24). The number of sulfonamides is 1. The molecule has 0 unspecified atom stereocenters. The van der Waals surface area contributed by atoms with Crippen molar-refractivity contribution in [3.8, 4) is 5.75 Å². The number of nitrogens with zero attached hydrogens (tertiary/aromatic N) is 1. The van der Waals surface area contributed by atoms with E-state index in [2.05, 4.69) is 5.32 Å². The first kappa shape index (κ1) is 19.6. The number of carbonyl (C=O) groups excluding carboxylic acids is 1. The zero-order valence-corrected chi connectivity index (χ0v) is 17.4. The Kier molecular flexibility index (Phi) is 5.40. The van der Waals surface area contributed by atoms with E-state index in [1.807, 2.05) is 24.3 Å². The Morgan fingerprint density at radius 1 is 1.10 bits per heavy atom. The first-order valence-corrected chi connectivity index (χ1v) is 11.4. The summed E-state index contributed by atoms with van der Waals surface area (Å²) in [7, 11) is -2.24. The second-order valence-corrected chi connectivity index (χ2v) is 9.48. The van der Waals surface area contributed by atoms with Gasteiger partial charge in [-0.25, -0.2) is 8.42 Å². The van der Waals surface area contributed by atoms with E-state index >= 15 is 0 Å². The van der Waals surface area contributed by atoms with Gasteiger partial charge in [-0.2, -0.15) is 4.31 Å². The van der Waals surface area contributed by atoms with Crippen LogP contribution in [-0.2, 0) is 23.0 Å². The van der Waals surface area contributed by atoms with Crippen molar-refractivity contribution in [2.24, 2.45) is 0 Å². The number of fused-ring (bicyclic) bond motifs is 1. The van der Waals surface area contributed by atoms with Crippen molar-refractivity contribution in [3.05, 3.63) is 76.0 Å². The Morgan fingerprint density at radius 3 is 2.69 bits per heavy atom. The molecule has 0 bridgehead atoms. The maximum Gasteiger partial charge on any atom is 0.267 e. The van der Waals surface area contributed by atoms with Crippen LogP contribution in [0.2, 0.25) is 0 Å². The lowest BCUT2D eigenvalue weighted by Gasteiger charge is -2.28. The summed E-state index contributed by atoms with van der Waals surface area (Å²) in [6.07, 6.45) is 0.658. The predicted octanol–water partition coefficient (Wildman–Crippen LogP) is 3.76. The number of methoxy groups -OCH3 is 1. The first-order chi connectivity index (χ1) is 14.0. The first-order valence-electron chi connectivity index (χ1n) is 9.09. The largest absolute Gasteiger partial charge is 0.497 e. The molecule has 3 aromatic rings. The van der Waals surface area contributed by atoms with Crippen molar-refractivity contribution in [1.82, 2.24) is 4.31 Å². The van der Waals surface area contributed by atoms with Gasteiger partial charge >= 0.3 is 0 Å². The van der Waals surface area contributed by atoms with E-state index in [1.54, 1.807) is 36.8 Å². The number of thiophene rings is 1. The predicted molar refractivity (Wildman–Crippen MR) is 113 cm³/mol. The van der Waals surface area contributed by atoms with Crippen LogP contribution in [0.3, 0.4) is 0 Å². The number of rotatable bonds is 5. The summed E-state index contributed by atoms with van der Waals surface area (Å²) in [5.74, 6) is 0.151. The number of hydrogen-bond acceptors (Lipinski definition) is 5. The summed E-state index contributed by atoms with van der Waals surface area (Å²) in [4.78, 5) is 13.0. The minimum atomic E-state index is -3.78. The lowest BCUT2D eigenvalue weighted by atomic mass is 10.0. The number of hydrogen-bond donors (Lipinski definition) is 1. The van der Waals surface area contributed by atoms with E-state index in [-0.39, 0.29) is 9.77 Å². The molecule has 1 N–H and O–H groups in total. The maximum atomic E-state index is 13.3. The molecule has 2 aromatic carbocycles.